The van der Waals surface area contributed by atoms with Crippen LogP contribution < -0.4 is 10.4 Å². The first-order valence-electron chi connectivity index (χ1n) is 27.9. The van der Waals surface area contributed by atoms with Crippen LogP contribution in [0.1, 0.15) is 109 Å². The van der Waals surface area contributed by atoms with Crippen molar-refractivity contribution in [3.8, 4) is 0 Å². The van der Waals surface area contributed by atoms with Gasteiger partial charge in [0.15, 0.2) is 33.3 Å². The standard InChI is InChI=1S/C27H48O7Si4.C11H16OSi.C9H18O3Si.C6H14OSi.5CH4.2H2/c1-23(2)26(28)30-19-15-21-35(5,6)32-37(9,10)34-38(11,25-17-13-12-14-18-25)33-36(7,8)22-16-20-31-27(29)24(3)4;1-13(10-6-5-9-12-13)11-7-3-2-4-8-11;1-8(2)9(10)12-6-5-7-13(3,4)11;1-8(2)6-4-3-5-7-8;;;;;;;/h12-14,17-18H,1,3,15-16,19-22H2,2,4-11H3;2-4,7-8H,5-6,9-10H2,1H3;11H,1,5-7H2,2-4H3;3-6H2,1-2H3;5*1H4;2*1H/i;;;;;;;;;2*1+1D. The monoisotopic (exact) mass is 1210 g/mol. The van der Waals surface area contributed by atoms with Crippen LogP contribution in [0, 0.1) is 0 Å². The molecule has 2 saturated heterocycles. The summed E-state index contributed by atoms with van der Waals surface area (Å²) in [6.07, 6.45) is 7.48. The Balaban J connectivity index is -0.000000207. The van der Waals surface area contributed by atoms with Crippen LogP contribution in [0.15, 0.2) is 97.1 Å². The summed E-state index contributed by atoms with van der Waals surface area (Å²) < 4.78 is 67.7. The molecular formula is C58H120O12Si7. The van der Waals surface area contributed by atoms with Crippen molar-refractivity contribution in [2.45, 2.75) is 212 Å². The molecule has 4 rings (SSSR count). The molecule has 2 atom stereocenters. The van der Waals surface area contributed by atoms with Crippen LogP contribution in [-0.2, 0) is 49.8 Å². The summed E-state index contributed by atoms with van der Waals surface area (Å²) in [5, 5.41) is 2.53. The highest BCUT2D eigenvalue weighted by Crippen LogP contribution is 2.28. The number of esters is 3. The smallest absolute Gasteiger partial charge is 0.350 e. The Hall–Kier alpha value is -2.65. The highest BCUT2D eigenvalue weighted by atomic mass is 28.5. The van der Waals surface area contributed by atoms with Crippen molar-refractivity contribution >= 4 is 87.0 Å². The van der Waals surface area contributed by atoms with Crippen molar-refractivity contribution in [1.82, 2.24) is 0 Å². The van der Waals surface area contributed by atoms with Gasteiger partial charge in [-0.25, -0.2) is 14.4 Å². The maximum Gasteiger partial charge on any atom is 0.350 e. The van der Waals surface area contributed by atoms with Gasteiger partial charge in [0, 0.05) is 35.9 Å². The molecule has 0 radical (unpaired) electrons. The predicted octanol–water partition coefficient (Wildman–Crippen LogP) is 15.8. The lowest BCUT2D eigenvalue weighted by atomic mass is 10.3. The summed E-state index contributed by atoms with van der Waals surface area (Å²) in [6.45, 7) is 44.4. The molecule has 77 heavy (non-hydrogen) atoms. The summed E-state index contributed by atoms with van der Waals surface area (Å²) in [5.41, 5.74) is 1.23. The van der Waals surface area contributed by atoms with Gasteiger partial charge in [-0.2, -0.15) is 0 Å². The molecule has 19 heteroatoms. The van der Waals surface area contributed by atoms with Crippen LogP contribution in [0.2, 0.25) is 109 Å². The SMILES string of the molecule is C.C.C.C.C.C=C(C)C(=O)OCCC[Si](C)(C)O.C=C(C)C(=O)OCCC[Si](C)(C)O[Si](C)(C)O[Si](C)(O[Si](C)(C)CCCOC(=O)C(=C)C)c1ccccc1.C[Si]1(C)CCCCO1.C[Si]1(c2ccccc2)CCCCO1.[2H][2H].[2H][2H]. The van der Waals surface area contributed by atoms with E-state index in [4.69, 9.17) is 41.3 Å². The van der Waals surface area contributed by atoms with Crippen molar-refractivity contribution in [3.63, 3.8) is 0 Å². The van der Waals surface area contributed by atoms with Gasteiger partial charge in [-0.05, 0) is 172 Å². The Labute approximate surface area is 486 Å². The van der Waals surface area contributed by atoms with E-state index in [1.165, 1.54) is 43.0 Å². The van der Waals surface area contributed by atoms with Gasteiger partial charge in [-0.1, -0.05) is 130 Å². The van der Waals surface area contributed by atoms with E-state index in [-0.39, 0.29) is 55.0 Å². The number of hydrogen-bond donors (Lipinski definition) is 1. The fourth-order valence-electron chi connectivity index (χ4n) is 8.05. The van der Waals surface area contributed by atoms with Gasteiger partial charge in [-0.15, -0.1) is 0 Å². The lowest BCUT2D eigenvalue weighted by Crippen LogP contribution is -2.63. The number of benzene rings is 2. The summed E-state index contributed by atoms with van der Waals surface area (Å²) in [5.74, 6) is -1.06. The van der Waals surface area contributed by atoms with E-state index in [9.17, 15) is 19.2 Å². The van der Waals surface area contributed by atoms with E-state index in [1.54, 1.807) is 20.8 Å². The molecule has 2 aromatic rings. The van der Waals surface area contributed by atoms with Crippen LogP contribution in [0.4, 0.5) is 0 Å². The molecule has 2 aliphatic rings. The van der Waals surface area contributed by atoms with E-state index >= 15 is 0 Å². The van der Waals surface area contributed by atoms with E-state index < -0.39 is 58.7 Å². The van der Waals surface area contributed by atoms with Crippen LogP contribution >= 0.6 is 0 Å². The second-order valence-corrected chi connectivity index (χ2v) is 50.4. The minimum absolute atomic E-state index is 0. The summed E-state index contributed by atoms with van der Waals surface area (Å²) >= 11 is 0. The Morgan fingerprint density at radius 2 is 0.935 bits per heavy atom. The van der Waals surface area contributed by atoms with Crippen molar-refractivity contribution in [3.05, 3.63) is 97.1 Å². The zero-order valence-corrected chi connectivity index (χ0v) is 54.4. The highest BCUT2D eigenvalue weighted by molar-refractivity contribution is 6.95. The fraction of sp³-hybridized carbons (Fsp3) is 0.638. The molecule has 2 aromatic carbocycles. The first-order chi connectivity index (χ1) is 35.2. The van der Waals surface area contributed by atoms with Crippen LogP contribution in [0.5, 0.6) is 0 Å². The highest BCUT2D eigenvalue weighted by Gasteiger charge is 2.47. The van der Waals surface area contributed by atoms with Crippen LogP contribution in [0.25, 0.3) is 0 Å². The molecule has 12 nitrogen and oxygen atoms in total. The summed E-state index contributed by atoms with van der Waals surface area (Å²) in [6, 6.07) is 26.0. The minimum Gasteiger partial charge on any atom is -0.462 e. The molecule has 0 aliphatic carbocycles. The zero-order valence-electron chi connectivity index (χ0n) is 51.4. The largest absolute Gasteiger partial charge is 0.462 e. The van der Waals surface area contributed by atoms with Crippen molar-refractivity contribution in [1.29, 1.82) is 0 Å². The maximum absolute atomic E-state index is 11.7. The fourth-order valence-corrected chi connectivity index (χ4v) is 32.9. The Kier molecular flexibility index (Phi) is 40.5. The third-order valence-electron chi connectivity index (χ3n) is 11.8. The molecule has 0 spiro atoms. The lowest BCUT2D eigenvalue weighted by Gasteiger charge is -2.42. The average molecular weight is 1210 g/mol. The molecule has 2 fully saturated rings. The molecule has 0 bridgehead atoms. The number of carbonyl (C=O) groups is 3. The Morgan fingerprint density at radius 1 is 0.558 bits per heavy atom. The van der Waals surface area contributed by atoms with Gasteiger partial charge in [0.05, 0.1) is 19.8 Å². The molecule has 2 aliphatic heterocycles. The molecule has 0 amide bonds. The zero-order chi connectivity index (χ0) is 58.9. The number of ether oxygens (including phenoxy) is 3. The predicted molar refractivity (Wildman–Crippen MR) is 352 cm³/mol. The average Bonchev–Trinajstić information content (AvgIpc) is 3.34. The normalized spacial score (nSPS) is 16.7. The molecule has 2 unspecified atom stereocenters. The van der Waals surface area contributed by atoms with E-state index in [2.05, 4.69) is 128 Å². The van der Waals surface area contributed by atoms with Crippen LogP contribution in [0.3, 0.4) is 0 Å². The molecule has 0 aromatic heterocycles. The number of rotatable bonds is 23. The summed E-state index contributed by atoms with van der Waals surface area (Å²) in [7, 11) is -14.3. The maximum atomic E-state index is 11.7. The molecule has 0 saturated carbocycles. The lowest BCUT2D eigenvalue weighted by molar-refractivity contribution is -0.139. The van der Waals surface area contributed by atoms with Gasteiger partial charge in [0.1, 0.15) is 0 Å². The van der Waals surface area contributed by atoms with Crippen molar-refractivity contribution in [2.24, 2.45) is 0 Å². The third-order valence-corrected chi connectivity index (χ3v) is 35.6. The van der Waals surface area contributed by atoms with E-state index in [1.807, 2.05) is 31.3 Å². The molecular weight excluding hydrogens is 1090 g/mol. The van der Waals surface area contributed by atoms with Gasteiger partial charge in [0.2, 0.25) is 8.32 Å². The van der Waals surface area contributed by atoms with Gasteiger partial charge in [0.25, 0.3) is 0 Å². The topological polar surface area (TPSA) is 145 Å². The summed E-state index contributed by atoms with van der Waals surface area (Å²) in [4.78, 5) is 43.7. The first-order valence-corrected chi connectivity index (χ1v) is 46.2. The minimum atomic E-state index is -2.84. The first kappa shape index (κ1) is 78.6. The third kappa shape index (κ3) is 37.8. The van der Waals surface area contributed by atoms with Crippen molar-refractivity contribution in [2.75, 3.05) is 33.0 Å². The van der Waals surface area contributed by atoms with Crippen LogP contribution in [-0.4, -0.2) is 114 Å². The quantitative estimate of drug-likeness (QED) is 0.0372. The second kappa shape index (κ2) is 39.7. The molecule has 1 N–H and O–H groups in total. The molecule has 2 heterocycles. The number of hydrogen-bond acceptors (Lipinski definition) is 12. The van der Waals surface area contributed by atoms with Gasteiger partial charge < -0.3 is 40.2 Å². The second-order valence-electron chi connectivity index (χ2n) is 22.4. The number of carbonyl (C=O) groups excluding carboxylic acids is 3. The van der Waals surface area contributed by atoms with E-state index in [0.717, 1.165) is 55.8 Å². The van der Waals surface area contributed by atoms with Gasteiger partial charge >= 0.3 is 35.0 Å². The van der Waals surface area contributed by atoms with Crippen molar-refractivity contribution < 1.29 is 60.5 Å². The van der Waals surface area contributed by atoms with E-state index in [0.29, 0.717) is 36.5 Å². The van der Waals surface area contributed by atoms with Gasteiger partial charge in [-0.3, -0.25) is 0 Å². The Bertz CT molecular complexity index is 1990. The Morgan fingerprint density at radius 3 is 1.27 bits per heavy atom. The molecule has 452 valence electrons.